The fraction of sp³-hybridized carbons (Fsp3) is 0.250. The summed E-state index contributed by atoms with van der Waals surface area (Å²) in [5, 5.41) is 3.50. The highest BCUT2D eigenvalue weighted by Crippen LogP contribution is 2.24. The second kappa shape index (κ2) is 8.18. The number of rotatable bonds is 6. The summed E-state index contributed by atoms with van der Waals surface area (Å²) in [7, 11) is 1.92. The molecular formula is C16H16BrClFNS. The molecule has 0 saturated heterocycles. The van der Waals surface area contributed by atoms with E-state index in [1.165, 1.54) is 11.0 Å². The summed E-state index contributed by atoms with van der Waals surface area (Å²) < 4.78 is 14.5. The first kappa shape index (κ1) is 16.8. The Morgan fingerprint density at radius 3 is 2.62 bits per heavy atom. The Balaban J connectivity index is 1.97. The van der Waals surface area contributed by atoms with Crippen LogP contribution in [-0.2, 0) is 6.42 Å². The summed E-state index contributed by atoms with van der Waals surface area (Å²) in [4.78, 5) is 1.21. The van der Waals surface area contributed by atoms with Crippen molar-refractivity contribution in [2.24, 2.45) is 0 Å². The van der Waals surface area contributed by atoms with Gasteiger partial charge in [0.2, 0.25) is 0 Å². The summed E-state index contributed by atoms with van der Waals surface area (Å²) in [5.41, 5.74) is 0.840. The predicted molar refractivity (Wildman–Crippen MR) is 92.8 cm³/mol. The average Bonchev–Trinajstić information content (AvgIpc) is 2.49. The van der Waals surface area contributed by atoms with Crippen molar-refractivity contribution >= 4 is 39.3 Å². The number of hydrogen-bond acceptors (Lipinski definition) is 2. The highest BCUT2D eigenvalue weighted by molar-refractivity contribution is 9.10. The lowest BCUT2D eigenvalue weighted by molar-refractivity contribution is 0.603. The van der Waals surface area contributed by atoms with Gasteiger partial charge in [0.15, 0.2) is 0 Å². The zero-order valence-electron chi connectivity index (χ0n) is 11.6. The van der Waals surface area contributed by atoms with Gasteiger partial charge in [-0.3, -0.25) is 0 Å². The fourth-order valence-electron chi connectivity index (χ4n) is 1.94. The maximum absolute atomic E-state index is 13.5. The molecule has 21 heavy (non-hydrogen) atoms. The molecule has 0 aliphatic carbocycles. The molecule has 1 unspecified atom stereocenters. The van der Waals surface area contributed by atoms with Gasteiger partial charge in [0.1, 0.15) is 5.82 Å². The Morgan fingerprint density at radius 1 is 1.24 bits per heavy atom. The highest BCUT2D eigenvalue weighted by atomic mass is 79.9. The minimum Gasteiger partial charge on any atom is -0.316 e. The lowest BCUT2D eigenvalue weighted by Gasteiger charge is -2.17. The molecule has 2 aromatic carbocycles. The Morgan fingerprint density at radius 2 is 1.95 bits per heavy atom. The molecule has 0 saturated carbocycles. The van der Waals surface area contributed by atoms with E-state index in [4.69, 9.17) is 11.6 Å². The van der Waals surface area contributed by atoms with Crippen LogP contribution in [0.2, 0.25) is 5.02 Å². The minimum absolute atomic E-state index is 0.228. The third kappa shape index (κ3) is 4.99. The number of halogens is 3. The molecule has 1 atom stereocenters. The molecule has 112 valence electrons. The molecule has 1 N–H and O–H groups in total. The molecule has 0 bridgehead atoms. The molecule has 0 aromatic heterocycles. The van der Waals surface area contributed by atoms with E-state index in [0.29, 0.717) is 6.42 Å². The van der Waals surface area contributed by atoms with E-state index in [-0.39, 0.29) is 16.9 Å². The van der Waals surface area contributed by atoms with E-state index >= 15 is 0 Å². The van der Waals surface area contributed by atoms with Gasteiger partial charge in [0, 0.05) is 21.2 Å². The van der Waals surface area contributed by atoms with Crippen molar-refractivity contribution in [1.82, 2.24) is 5.32 Å². The second-order valence-electron chi connectivity index (χ2n) is 4.67. The molecule has 0 fully saturated rings. The molecule has 0 aliphatic heterocycles. The van der Waals surface area contributed by atoms with Crippen LogP contribution in [-0.4, -0.2) is 18.8 Å². The molecule has 2 aromatic rings. The Hall–Kier alpha value is -0.550. The summed E-state index contributed by atoms with van der Waals surface area (Å²) in [6, 6.07) is 13.4. The second-order valence-corrected chi connectivity index (χ2v) is 7.05. The monoisotopic (exact) mass is 387 g/mol. The molecule has 0 heterocycles. The van der Waals surface area contributed by atoms with Crippen molar-refractivity contribution in [2.45, 2.75) is 17.4 Å². The Bertz CT molecular complexity index is 591. The van der Waals surface area contributed by atoms with Gasteiger partial charge in [0.05, 0.1) is 5.02 Å². The van der Waals surface area contributed by atoms with Gasteiger partial charge in [-0.1, -0.05) is 39.7 Å². The summed E-state index contributed by atoms with van der Waals surface area (Å²) in [6.45, 7) is 0. The highest BCUT2D eigenvalue weighted by Gasteiger charge is 2.12. The summed E-state index contributed by atoms with van der Waals surface area (Å²) >= 11 is 11.2. The number of hydrogen-bond donors (Lipinski definition) is 1. The number of benzene rings is 2. The normalized spacial score (nSPS) is 12.4. The van der Waals surface area contributed by atoms with E-state index in [1.54, 1.807) is 17.8 Å². The van der Waals surface area contributed by atoms with Crippen LogP contribution >= 0.6 is 39.3 Å². The first-order valence-electron chi connectivity index (χ1n) is 6.58. The summed E-state index contributed by atoms with van der Waals surface area (Å²) in [6.07, 6.45) is 0.705. The molecule has 5 heteroatoms. The molecule has 1 nitrogen and oxygen atoms in total. The van der Waals surface area contributed by atoms with Crippen molar-refractivity contribution < 1.29 is 4.39 Å². The molecule has 0 spiro atoms. The third-order valence-corrected chi connectivity index (χ3v) is 5.30. The number of likely N-dealkylation sites (N-methyl/N-ethyl adjacent to an activating group) is 1. The zero-order chi connectivity index (χ0) is 15.2. The van der Waals surface area contributed by atoms with Crippen LogP contribution in [0, 0.1) is 5.82 Å². The molecule has 0 amide bonds. The summed E-state index contributed by atoms with van der Waals surface area (Å²) in [5.74, 6) is 0.537. The van der Waals surface area contributed by atoms with Crippen LogP contribution in [0.15, 0.2) is 51.8 Å². The topological polar surface area (TPSA) is 12.0 Å². The molecule has 0 radical (unpaired) electrons. The van der Waals surface area contributed by atoms with E-state index in [9.17, 15) is 4.39 Å². The first-order chi connectivity index (χ1) is 10.1. The van der Waals surface area contributed by atoms with E-state index in [1.807, 2.05) is 25.2 Å². The van der Waals surface area contributed by atoms with Gasteiger partial charge in [0.25, 0.3) is 0 Å². The lowest BCUT2D eigenvalue weighted by Crippen LogP contribution is -2.30. The van der Waals surface area contributed by atoms with Crippen molar-refractivity contribution in [3.8, 4) is 0 Å². The molecule has 2 rings (SSSR count). The fourth-order valence-corrected chi connectivity index (χ4v) is 3.42. The minimum atomic E-state index is -0.357. The van der Waals surface area contributed by atoms with Crippen LogP contribution in [0.4, 0.5) is 4.39 Å². The van der Waals surface area contributed by atoms with Crippen molar-refractivity contribution in [2.75, 3.05) is 12.8 Å². The van der Waals surface area contributed by atoms with E-state index in [0.717, 1.165) is 15.8 Å². The Labute approximate surface area is 142 Å². The van der Waals surface area contributed by atoms with Crippen LogP contribution in [0.25, 0.3) is 0 Å². The number of nitrogens with one attached hydrogen (secondary N) is 1. The van der Waals surface area contributed by atoms with Crippen LogP contribution in [0.3, 0.4) is 0 Å². The van der Waals surface area contributed by atoms with Crippen LogP contribution in [0.1, 0.15) is 5.56 Å². The third-order valence-electron chi connectivity index (χ3n) is 3.17. The standard InChI is InChI=1S/C16H16BrClFNS/c1-20-13(9-11-3-2-4-15(19)16(11)18)10-21-14-7-5-12(17)6-8-14/h2-8,13,20H,9-10H2,1H3. The lowest BCUT2D eigenvalue weighted by atomic mass is 10.1. The average molecular weight is 389 g/mol. The smallest absolute Gasteiger partial charge is 0.142 e. The van der Waals surface area contributed by atoms with Crippen LogP contribution in [0.5, 0.6) is 0 Å². The van der Waals surface area contributed by atoms with Gasteiger partial charge in [-0.15, -0.1) is 11.8 Å². The maximum atomic E-state index is 13.5. The van der Waals surface area contributed by atoms with E-state index < -0.39 is 0 Å². The zero-order valence-corrected chi connectivity index (χ0v) is 14.7. The van der Waals surface area contributed by atoms with E-state index in [2.05, 4.69) is 33.4 Å². The first-order valence-corrected chi connectivity index (χ1v) is 8.74. The maximum Gasteiger partial charge on any atom is 0.142 e. The predicted octanol–water partition coefficient (Wildman–Crippen LogP) is 5.16. The van der Waals surface area contributed by atoms with Crippen LogP contribution < -0.4 is 5.32 Å². The van der Waals surface area contributed by atoms with Crippen molar-refractivity contribution in [3.05, 3.63) is 63.3 Å². The largest absolute Gasteiger partial charge is 0.316 e. The van der Waals surface area contributed by atoms with Gasteiger partial charge in [-0.2, -0.15) is 0 Å². The molecular weight excluding hydrogens is 373 g/mol. The molecule has 0 aliphatic rings. The quantitative estimate of drug-likeness (QED) is 0.686. The van der Waals surface area contributed by atoms with Gasteiger partial charge in [-0.25, -0.2) is 4.39 Å². The van der Waals surface area contributed by atoms with Crippen molar-refractivity contribution in [1.29, 1.82) is 0 Å². The number of thioether (sulfide) groups is 1. The Kier molecular flexibility index (Phi) is 6.55. The van der Waals surface area contributed by atoms with Gasteiger partial charge in [-0.05, 0) is 49.4 Å². The van der Waals surface area contributed by atoms with Crippen molar-refractivity contribution in [3.63, 3.8) is 0 Å². The SMILES string of the molecule is CNC(CSc1ccc(Br)cc1)Cc1cccc(F)c1Cl. The van der Waals surface area contributed by atoms with Gasteiger partial charge < -0.3 is 5.32 Å². The van der Waals surface area contributed by atoms with Gasteiger partial charge >= 0.3 is 0 Å².